The summed E-state index contributed by atoms with van der Waals surface area (Å²) >= 11 is 0. The van der Waals surface area contributed by atoms with Crippen LogP contribution in [-0.4, -0.2) is 46.1 Å². The van der Waals surface area contributed by atoms with Gasteiger partial charge in [-0.1, -0.05) is 17.7 Å². The van der Waals surface area contributed by atoms with Gasteiger partial charge in [0.25, 0.3) is 0 Å². The Labute approximate surface area is 157 Å². The number of hydrogen-bond donors (Lipinski definition) is 1. The van der Waals surface area contributed by atoms with Crippen molar-refractivity contribution in [3.63, 3.8) is 0 Å². The molecule has 0 bridgehead atoms. The number of ether oxygens (including phenoxy) is 1. The van der Waals surface area contributed by atoms with Crippen LogP contribution in [0.2, 0.25) is 0 Å². The molecule has 8 nitrogen and oxygen atoms in total. The Balaban J connectivity index is 1.60. The van der Waals surface area contributed by atoms with Crippen molar-refractivity contribution in [2.75, 3.05) is 19.0 Å². The summed E-state index contributed by atoms with van der Waals surface area (Å²) in [5.74, 6) is -1.12. The Kier molecular flexibility index (Phi) is 5.25. The summed E-state index contributed by atoms with van der Waals surface area (Å²) in [4.78, 5) is 37.9. The summed E-state index contributed by atoms with van der Waals surface area (Å²) in [6, 6.07) is 7.33. The van der Waals surface area contributed by atoms with Crippen LogP contribution >= 0.6 is 0 Å². The lowest BCUT2D eigenvalue weighted by Gasteiger charge is -2.27. The normalized spacial score (nSPS) is 13.1. The fourth-order valence-corrected chi connectivity index (χ4v) is 3.08. The van der Waals surface area contributed by atoms with Gasteiger partial charge in [0, 0.05) is 12.2 Å². The SMILES string of the molecule is COC(=O)c1cc2n(n1)CCN(C(=O)CC(=O)Nc1ccc(C)cc1C)C2. The van der Waals surface area contributed by atoms with E-state index in [1.165, 1.54) is 7.11 Å². The molecule has 3 rings (SSSR count). The molecule has 0 aliphatic carbocycles. The summed E-state index contributed by atoms with van der Waals surface area (Å²) in [7, 11) is 1.30. The van der Waals surface area contributed by atoms with Crippen molar-refractivity contribution < 1.29 is 19.1 Å². The van der Waals surface area contributed by atoms with Gasteiger partial charge in [0.05, 0.1) is 25.9 Å². The van der Waals surface area contributed by atoms with Crippen molar-refractivity contribution >= 4 is 23.5 Å². The van der Waals surface area contributed by atoms with E-state index in [1.807, 2.05) is 32.0 Å². The fourth-order valence-electron chi connectivity index (χ4n) is 3.08. The first-order valence-electron chi connectivity index (χ1n) is 8.67. The van der Waals surface area contributed by atoms with Gasteiger partial charge >= 0.3 is 5.97 Å². The van der Waals surface area contributed by atoms with Crippen LogP contribution in [0.4, 0.5) is 5.69 Å². The zero-order valence-electron chi connectivity index (χ0n) is 15.6. The number of rotatable bonds is 4. The number of nitrogens with zero attached hydrogens (tertiary/aromatic N) is 3. The second-order valence-corrected chi connectivity index (χ2v) is 6.59. The lowest BCUT2D eigenvalue weighted by atomic mass is 10.1. The molecule has 2 aromatic rings. The number of carbonyl (C=O) groups is 3. The Bertz CT molecular complexity index is 903. The summed E-state index contributed by atoms with van der Waals surface area (Å²) in [5.41, 5.74) is 3.72. The molecule has 2 heterocycles. The highest BCUT2D eigenvalue weighted by Gasteiger charge is 2.25. The maximum absolute atomic E-state index is 12.5. The predicted octanol–water partition coefficient (Wildman–Crippen LogP) is 1.66. The smallest absolute Gasteiger partial charge is 0.358 e. The van der Waals surface area contributed by atoms with Crippen LogP contribution in [0.5, 0.6) is 0 Å². The zero-order valence-corrected chi connectivity index (χ0v) is 15.6. The van der Waals surface area contributed by atoms with Gasteiger partial charge in [-0.15, -0.1) is 0 Å². The lowest BCUT2D eigenvalue weighted by molar-refractivity contribution is -0.135. The van der Waals surface area contributed by atoms with Gasteiger partial charge in [0.1, 0.15) is 6.42 Å². The highest BCUT2D eigenvalue weighted by atomic mass is 16.5. The Morgan fingerprint density at radius 3 is 2.67 bits per heavy atom. The largest absolute Gasteiger partial charge is 0.464 e. The molecular formula is C19H22N4O4. The Morgan fingerprint density at radius 1 is 1.19 bits per heavy atom. The van der Waals surface area contributed by atoms with Crippen molar-refractivity contribution in [1.29, 1.82) is 0 Å². The molecular weight excluding hydrogens is 348 g/mol. The molecule has 0 fully saturated rings. The number of aromatic nitrogens is 2. The van der Waals surface area contributed by atoms with E-state index in [9.17, 15) is 14.4 Å². The van der Waals surface area contributed by atoms with E-state index in [1.54, 1.807) is 15.6 Å². The van der Waals surface area contributed by atoms with Crippen molar-refractivity contribution in [3.05, 3.63) is 46.8 Å². The molecule has 1 aliphatic rings. The molecule has 1 aromatic heterocycles. The van der Waals surface area contributed by atoms with Crippen LogP contribution in [0.1, 0.15) is 33.7 Å². The van der Waals surface area contributed by atoms with Gasteiger partial charge in [-0.2, -0.15) is 5.10 Å². The molecule has 1 aromatic carbocycles. The highest BCUT2D eigenvalue weighted by Crippen LogP contribution is 2.18. The van der Waals surface area contributed by atoms with Crippen molar-refractivity contribution in [1.82, 2.24) is 14.7 Å². The first kappa shape index (κ1) is 18.6. The van der Waals surface area contributed by atoms with Crippen LogP contribution in [0.25, 0.3) is 0 Å². The Morgan fingerprint density at radius 2 is 1.96 bits per heavy atom. The molecule has 2 amide bonds. The lowest BCUT2D eigenvalue weighted by Crippen LogP contribution is -2.39. The van der Waals surface area contributed by atoms with Crippen LogP contribution in [-0.2, 0) is 27.4 Å². The molecule has 142 valence electrons. The van der Waals surface area contributed by atoms with E-state index in [0.717, 1.165) is 16.8 Å². The number of nitrogens with one attached hydrogen (secondary N) is 1. The van der Waals surface area contributed by atoms with E-state index in [-0.39, 0.29) is 23.9 Å². The van der Waals surface area contributed by atoms with Gasteiger partial charge < -0.3 is 15.0 Å². The van der Waals surface area contributed by atoms with Crippen LogP contribution in [0, 0.1) is 13.8 Å². The second-order valence-electron chi connectivity index (χ2n) is 6.59. The van der Waals surface area contributed by atoms with Gasteiger partial charge in [-0.25, -0.2) is 4.79 Å². The number of carbonyl (C=O) groups excluding carboxylic acids is 3. The number of benzene rings is 1. The number of amides is 2. The van der Waals surface area contributed by atoms with Gasteiger partial charge in [-0.3, -0.25) is 14.3 Å². The maximum atomic E-state index is 12.5. The second kappa shape index (κ2) is 7.61. The van der Waals surface area contributed by atoms with E-state index < -0.39 is 5.97 Å². The first-order valence-corrected chi connectivity index (χ1v) is 8.67. The topological polar surface area (TPSA) is 93.5 Å². The summed E-state index contributed by atoms with van der Waals surface area (Å²) in [6.45, 7) is 5.10. The first-order chi connectivity index (χ1) is 12.9. The number of methoxy groups -OCH3 is 1. The quantitative estimate of drug-likeness (QED) is 0.653. The number of hydrogen-bond acceptors (Lipinski definition) is 5. The molecule has 0 saturated carbocycles. The highest BCUT2D eigenvalue weighted by molar-refractivity contribution is 6.03. The van der Waals surface area contributed by atoms with E-state index in [4.69, 9.17) is 0 Å². The van der Waals surface area contributed by atoms with Gasteiger partial charge in [0.2, 0.25) is 11.8 Å². The summed E-state index contributed by atoms with van der Waals surface area (Å²) in [5, 5.41) is 6.96. The molecule has 0 atom stereocenters. The molecule has 1 N–H and O–H groups in total. The number of aryl methyl sites for hydroxylation is 2. The molecule has 0 saturated heterocycles. The number of esters is 1. The van der Waals surface area contributed by atoms with Crippen LogP contribution in [0.3, 0.4) is 0 Å². The standard InChI is InChI=1S/C19H22N4O4/c1-12-4-5-15(13(2)8-12)20-17(24)10-18(25)22-6-7-23-14(11-22)9-16(21-23)19(26)27-3/h4-5,8-9H,6-7,10-11H2,1-3H3,(H,20,24). The third-order valence-electron chi connectivity index (χ3n) is 4.51. The molecule has 0 radical (unpaired) electrons. The van der Waals surface area contributed by atoms with Crippen LogP contribution in [0.15, 0.2) is 24.3 Å². The predicted molar refractivity (Wildman–Crippen MR) is 98.1 cm³/mol. The maximum Gasteiger partial charge on any atom is 0.358 e. The molecule has 27 heavy (non-hydrogen) atoms. The fraction of sp³-hybridized carbons (Fsp3) is 0.368. The minimum Gasteiger partial charge on any atom is -0.464 e. The van der Waals surface area contributed by atoms with E-state index in [0.29, 0.717) is 25.3 Å². The summed E-state index contributed by atoms with van der Waals surface area (Å²) < 4.78 is 6.35. The average molecular weight is 370 g/mol. The van der Waals surface area contributed by atoms with Crippen molar-refractivity contribution in [2.24, 2.45) is 0 Å². The molecule has 8 heteroatoms. The Hall–Kier alpha value is -3.16. The van der Waals surface area contributed by atoms with E-state index >= 15 is 0 Å². The van der Waals surface area contributed by atoms with E-state index in [2.05, 4.69) is 15.2 Å². The summed E-state index contributed by atoms with van der Waals surface area (Å²) in [6.07, 6.45) is -0.231. The third-order valence-corrected chi connectivity index (χ3v) is 4.51. The molecule has 0 unspecified atom stereocenters. The van der Waals surface area contributed by atoms with Crippen molar-refractivity contribution in [2.45, 2.75) is 33.4 Å². The van der Waals surface area contributed by atoms with Crippen molar-refractivity contribution in [3.8, 4) is 0 Å². The third kappa shape index (κ3) is 4.16. The monoisotopic (exact) mass is 370 g/mol. The van der Waals surface area contributed by atoms with Gasteiger partial charge in [-0.05, 0) is 31.5 Å². The number of anilines is 1. The number of fused-ring (bicyclic) bond motifs is 1. The zero-order chi connectivity index (χ0) is 19.6. The average Bonchev–Trinajstić information content (AvgIpc) is 3.06. The molecule has 1 aliphatic heterocycles. The molecule has 0 spiro atoms. The van der Waals surface area contributed by atoms with Gasteiger partial charge in [0.15, 0.2) is 5.69 Å². The minimum absolute atomic E-state index is 0.217. The van der Waals surface area contributed by atoms with Crippen LogP contribution < -0.4 is 5.32 Å². The minimum atomic E-state index is -0.511.